The van der Waals surface area contributed by atoms with E-state index in [0.29, 0.717) is 19.8 Å². The van der Waals surface area contributed by atoms with Crippen LogP contribution in [0.25, 0.3) is 0 Å². The van der Waals surface area contributed by atoms with Gasteiger partial charge in [-0.2, -0.15) is 0 Å². The monoisotopic (exact) mass is 321 g/mol. The van der Waals surface area contributed by atoms with E-state index in [4.69, 9.17) is 14.2 Å². The number of nitrogens with one attached hydrogen (secondary N) is 2. The summed E-state index contributed by atoms with van der Waals surface area (Å²) in [6, 6.07) is 8.19. The molecule has 128 valence electrons. The number of hydrogen-bond acceptors (Lipinski definition) is 4. The normalized spacial score (nSPS) is 16.8. The Labute approximate surface area is 138 Å². The van der Waals surface area contributed by atoms with Gasteiger partial charge in [-0.05, 0) is 18.1 Å². The first kappa shape index (κ1) is 17.6. The summed E-state index contributed by atoms with van der Waals surface area (Å²) >= 11 is 0. The lowest BCUT2D eigenvalue weighted by Gasteiger charge is -2.15. The standard InChI is InChI=1S/C17H27N3O3/c1-18-17(19-8-5-9-22-11-10-21-2)20-13-15-12-14-6-3-4-7-16(14)23-15/h3-4,6-7,15H,5,8-13H2,1-2H3,(H2,18,19,20). The molecule has 6 nitrogen and oxygen atoms in total. The first-order chi connectivity index (χ1) is 11.3. The van der Waals surface area contributed by atoms with Crippen molar-refractivity contribution in [3.8, 4) is 5.75 Å². The molecule has 2 N–H and O–H groups in total. The van der Waals surface area contributed by atoms with E-state index in [9.17, 15) is 0 Å². The summed E-state index contributed by atoms with van der Waals surface area (Å²) in [4.78, 5) is 4.22. The minimum absolute atomic E-state index is 0.156. The van der Waals surface area contributed by atoms with Crippen LogP contribution in [0.4, 0.5) is 0 Å². The first-order valence-electron chi connectivity index (χ1n) is 8.09. The molecule has 0 fully saturated rings. The van der Waals surface area contributed by atoms with E-state index in [-0.39, 0.29) is 6.10 Å². The molecule has 1 atom stereocenters. The van der Waals surface area contributed by atoms with Gasteiger partial charge < -0.3 is 24.8 Å². The summed E-state index contributed by atoms with van der Waals surface area (Å²) in [5.74, 6) is 1.79. The lowest BCUT2D eigenvalue weighted by atomic mass is 10.1. The number of guanidine groups is 1. The van der Waals surface area contributed by atoms with Crippen LogP contribution in [-0.4, -0.2) is 59.1 Å². The highest BCUT2D eigenvalue weighted by Gasteiger charge is 2.22. The van der Waals surface area contributed by atoms with Crippen LogP contribution in [0, 0.1) is 0 Å². The first-order valence-corrected chi connectivity index (χ1v) is 8.09. The van der Waals surface area contributed by atoms with Crippen LogP contribution in [0.1, 0.15) is 12.0 Å². The second kappa shape index (κ2) is 10.1. The second-order valence-corrected chi connectivity index (χ2v) is 5.39. The van der Waals surface area contributed by atoms with Gasteiger partial charge in [-0.15, -0.1) is 0 Å². The number of fused-ring (bicyclic) bond motifs is 1. The molecule has 0 bridgehead atoms. The maximum absolute atomic E-state index is 5.91. The second-order valence-electron chi connectivity index (χ2n) is 5.39. The van der Waals surface area contributed by atoms with Crippen LogP contribution in [0.5, 0.6) is 5.75 Å². The zero-order valence-corrected chi connectivity index (χ0v) is 14.0. The number of aliphatic imine (C=N–C) groups is 1. The van der Waals surface area contributed by atoms with E-state index < -0.39 is 0 Å². The minimum atomic E-state index is 0.156. The van der Waals surface area contributed by atoms with Crippen LogP contribution < -0.4 is 15.4 Å². The fourth-order valence-corrected chi connectivity index (χ4v) is 2.42. The molecule has 0 spiro atoms. The van der Waals surface area contributed by atoms with Crippen molar-refractivity contribution in [3.63, 3.8) is 0 Å². The molecule has 1 aliphatic heterocycles. The predicted octanol–water partition coefficient (Wildman–Crippen LogP) is 1.21. The van der Waals surface area contributed by atoms with Gasteiger partial charge in [-0.1, -0.05) is 18.2 Å². The number of rotatable bonds is 9. The molecule has 1 heterocycles. The molecule has 6 heteroatoms. The highest BCUT2D eigenvalue weighted by atomic mass is 16.5. The third kappa shape index (κ3) is 6.08. The van der Waals surface area contributed by atoms with Gasteiger partial charge in [0.25, 0.3) is 0 Å². The zero-order valence-electron chi connectivity index (χ0n) is 14.0. The van der Waals surface area contributed by atoms with Gasteiger partial charge in [0.2, 0.25) is 0 Å². The highest BCUT2D eigenvalue weighted by Crippen LogP contribution is 2.27. The molecule has 0 radical (unpaired) electrons. The van der Waals surface area contributed by atoms with Crippen molar-refractivity contribution < 1.29 is 14.2 Å². The van der Waals surface area contributed by atoms with Crippen molar-refractivity contribution in [2.75, 3.05) is 47.1 Å². The smallest absolute Gasteiger partial charge is 0.191 e. The SMILES string of the molecule is CN=C(NCCCOCCOC)NCC1Cc2ccccc2O1. The van der Waals surface area contributed by atoms with Crippen LogP contribution >= 0.6 is 0 Å². The van der Waals surface area contributed by atoms with Gasteiger partial charge in [-0.3, -0.25) is 4.99 Å². The van der Waals surface area contributed by atoms with Crippen LogP contribution in [0.2, 0.25) is 0 Å². The highest BCUT2D eigenvalue weighted by molar-refractivity contribution is 5.79. The van der Waals surface area contributed by atoms with Crippen molar-refractivity contribution >= 4 is 5.96 Å². The van der Waals surface area contributed by atoms with Gasteiger partial charge in [0.15, 0.2) is 5.96 Å². The minimum Gasteiger partial charge on any atom is -0.488 e. The Balaban J connectivity index is 1.57. The molecule has 1 unspecified atom stereocenters. The molecule has 0 saturated heterocycles. The molecule has 0 amide bonds. The Morgan fingerprint density at radius 1 is 1.26 bits per heavy atom. The Hall–Kier alpha value is -1.79. The van der Waals surface area contributed by atoms with Gasteiger partial charge in [-0.25, -0.2) is 0 Å². The quantitative estimate of drug-likeness (QED) is 0.407. The van der Waals surface area contributed by atoms with Gasteiger partial charge in [0.05, 0.1) is 19.8 Å². The van der Waals surface area contributed by atoms with Crippen molar-refractivity contribution in [1.82, 2.24) is 10.6 Å². The molecular weight excluding hydrogens is 294 g/mol. The summed E-state index contributed by atoms with van der Waals surface area (Å²) in [6.07, 6.45) is 2.02. The van der Waals surface area contributed by atoms with Crippen LogP contribution in [0.15, 0.2) is 29.3 Å². The van der Waals surface area contributed by atoms with Crippen molar-refractivity contribution in [1.29, 1.82) is 0 Å². The summed E-state index contributed by atoms with van der Waals surface area (Å²) < 4.78 is 16.3. The van der Waals surface area contributed by atoms with Crippen LogP contribution in [-0.2, 0) is 15.9 Å². The predicted molar refractivity (Wildman–Crippen MR) is 91.2 cm³/mol. The molecule has 1 aliphatic rings. The number of methoxy groups -OCH3 is 1. The lowest BCUT2D eigenvalue weighted by molar-refractivity contribution is 0.0698. The number of ether oxygens (including phenoxy) is 3. The van der Waals surface area contributed by atoms with E-state index in [1.54, 1.807) is 14.2 Å². The Bertz CT molecular complexity index is 469. The van der Waals surface area contributed by atoms with Crippen molar-refractivity contribution in [2.24, 2.45) is 4.99 Å². The molecule has 0 saturated carbocycles. The Kier molecular flexibility index (Phi) is 7.69. The maximum atomic E-state index is 5.91. The van der Waals surface area contributed by atoms with E-state index in [0.717, 1.165) is 37.6 Å². The Morgan fingerprint density at radius 3 is 2.91 bits per heavy atom. The van der Waals surface area contributed by atoms with E-state index >= 15 is 0 Å². The van der Waals surface area contributed by atoms with E-state index in [1.165, 1.54) is 5.56 Å². The summed E-state index contributed by atoms with van der Waals surface area (Å²) in [5.41, 5.74) is 1.27. The molecule has 1 aromatic rings. The van der Waals surface area contributed by atoms with Gasteiger partial charge >= 0.3 is 0 Å². The third-order valence-electron chi connectivity index (χ3n) is 3.62. The van der Waals surface area contributed by atoms with Gasteiger partial charge in [0.1, 0.15) is 11.9 Å². The molecule has 0 aromatic heterocycles. The number of nitrogens with zero attached hydrogens (tertiary/aromatic N) is 1. The molecular formula is C17H27N3O3. The lowest BCUT2D eigenvalue weighted by Crippen LogP contribution is -2.42. The molecule has 1 aromatic carbocycles. The summed E-state index contributed by atoms with van der Waals surface area (Å²) in [5, 5.41) is 6.59. The largest absolute Gasteiger partial charge is 0.488 e. The molecule has 23 heavy (non-hydrogen) atoms. The Morgan fingerprint density at radius 2 is 2.13 bits per heavy atom. The molecule has 0 aliphatic carbocycles. The third-order valence-corrected chi connectivity index (χ3v) is 3.62. The fraction of sp³-hybridized carbons (Fsp3) is 0.588. The van der Waals surface area contributed by atoms with Crippen molar-refractivity contribution in [3.05, 3.63) is 29.8 Å². The number of para-hydroxylation sites is 1. The topological polar surface area (TPSA) is 64.1 Å². The average molecular weight is 321 g/mol. The number of benzene rings is 1. The maximum Gasteiger partial charge on any atom is 0.191 e. The number of hydrogen-bond donors (Lipinski definition) is 2. The van der Waals surface area contributed by atoms with Crippen molar-refractivity contribution in [2.45, 2.75) is 18.9 Å². The van der Waals surface area contributed by atoms with Gasteiger partial charge in [0, 0.05) is 33.7 Å². The van der Waals surface area contributed by atoms with E-state index in [1.807, 2.05) is 18.2 Å². The summed E-state index contributed by atoms with van der Waals surface area (Å²) in [7, 11) is 3.45. The summed E-state index contributed by atoms with van der Waals surface area (Å²) in [6.45, 7) is 3.55. The zero-order chi connectivity index (χ0) is 16.3. The van der Waals surface area contributed by atoms with E-state index in [2.05, 4.69) is 21.7 Å². The fourth-order valence-electron chi connectivity index (χ4n) is 2.42. The molecule has 2 rings (SSSR count). The average Bonchev–Trinajstić information content (AvgIpc) is 2.99. The van der Waals surface area contributed by atoms with Crippen LogP contribution in [0.3, 0.4) is 0 Å².